The molecule has 1 aromatic rings. The van der Waals surface area contributed by atoms with E-state index >= 15 is 0 Å². The molecule has 420 valence electrons. The third-order valence-corrected chi connectivity index (χ3v) is 15.3. The maximum atomic E-state index is 12.7. The minimum absolute atomic E-state index is 0. The number of carbonyl (C=O) groups is 3. The first-order valence-corrected chi connectivity index (χ1v) is 29.7. The Morgan fingerprint density at radius 2 is 1.38 bits per heavy atom. The number of amides is 3. The van der Waals surface area contributed by atoms with Gasteiger partial charge in [0.1, 0.15) is 34.8 Å². The largest absolute Gasteiger partial charge is 1.00 e. The predicted octanol–water partition coefficient (Wildman–Crippen LogP) is -2.40. The van der Waals surface area contributed by atoms with Crippen LogP contribution in [0.4, 0.5) is 5.69 Å². The molecule has 1 N–H and O–H groups in total. The van der Waals surface area contributed by atoms with Crippen LogP contribution in [0.1, 0.15) is 89.5 Å². The van der Waals surface area contributed by atoms with Gasteiger partial charge >= 0.3 is 59.1 Å². The number of nitrogens with zero attached hydrogens (tertiary/aromatic N) is 3. The molecule has 21 nitrogen and oxygen atoms in total. The Labute approximate surface area is 503 Å². The molecule has 1 unspecified atom stereocenters. The third-order valence-electron chi connectivity index (χ3n) is 12.9. The van der Waals surface area contributed by atoms with Gasteiger partial charge in [-0.2, -0.15) is 0 Å². The van der Waals surface area contributed by atoms with E-state index in [1.165, 1.54) is 30.4 Å². The maximum absolute atomic E-state index is 12.7. The minimum atomic E-state index is -4.92. The molecule has 0 radical (unpaired) electrons. The minimum Gasteiger partial charge on any atom is -0.748 e. The summed E-state index contributed by atoms with van der Waals surface area (Å²) in [6.45, 7) is 11.7. The summed E-state index contributed by atoms with van der Waals surface area (Å²) in [5.41, 5.74) is 1.92. The van der Waals surface area contributed by atoms with Crippen molar-refractivity contribution in [3.05, 3.63) is 94.7 Å². The molecule has 0 fully saturated rings. The molecule has 5 rings (SSSR count). The van der Waals surface area contributed by atoms with Gasteiger partial charge in [0.05, 0.1) is 70.8 Å². The van der Waals surface area contributed by atoms with Gasteiger partial charge in [-0.05, 0) is 91.6 Å². The summed E-state index contributed by atoms with van der Waals surface area (Å²) in [6, 6.07) is 11.6. The fourth-order valence-corrected chi connectivity index (χ4v) is 10.5. The molecule has 3 aliphatic heterocycles. The zero-order chi connectivity index (χ0) is 55.7. The second kappa shape index (κ2) is 31.9. The third kappa shape index (κ3) is 21.6. The SMILES string of the molecule is COCCOCCOCCOCC[N+](CCCS(=O)(=O)[O-])=c1ccc2c(C(C)(C)C)cc(/C=C/C=C3/N(CCCCCC(=O)NCCN4C(=O)C=CC4=O)c4ccc(S(=O)(=O)[O-])cc4C3(C)CCCS(=O)(=O)[O-])oc-2c1.[Na+].[Na+]. The van der Waals surface area contributed by atoms with Crippen molar-refractivity contribution < 1.29 is 136 Å². The number of rotatable bonds is 32. The van der Waals surface area contributed by atoms with Crippen molar-refractivity contribution in [1.29, 1.82) is 0 Å². The Kier molecular flexibility index (Phi) is 28.3. The van der Waals surface area contributed by atoms with E-state index < -0.39 is 64.0 Å². The van der Waals surface area contributed by atoms with Gasteiger partial charge < -0.3 is 47.2 Å². The van der Waals surface area contributed by atoms with E-state index in [4.69, 9.17) is 23.4 Å². The number of hydrogen-bond acceptors (Lipinski definition) is 18. The molecule has 4 aliphatic rings. The van der Waals surface area contributed by atoms with Crippen LogP contribution in [0.15, 0.2) is 81.8 Å². The van der Waals surface area contributed by atoms with E-state index in [9.17, 15) is 53.3 Å². The fraction of sp³-hybridized carbons (Fsp3) is 0.538. The van der Waals surface area contributed by atoms with Crippen LogP contribution >= 0.6 is 0 Å². The van der Waals surface area contributed by atoms with Crippen LogP contribution in [0.25, 0.3) is 17.4 Å². The van der Waals surface area contributed by atoms with Crippen LogP contribution in [0, 0.1) is 0 Å². The monoisotopic (exact) mass is 1160 g/mol. The summed E-state index contributed by atoms with van der Waals surface area (Å²) < 4.78 is 138. The number of benzene rings is 2. The van der Waals surface area contributed by atoms with E-state index in [2.05, 4.69) is 26.1 Å². The van der Waals surface area contributed by atoms with Gasteiger partial charge in [0, 0.05) is 91.7 Å². The zero-order valence-electron chi connectivity index (χ0n) is 45.8. The van der Waals surface area contributed by atoms with E-state index in [0.717, 1.165) is 16.0 Å². The van der Waals surface area contributed by atoms with Gasteiger partial charge in [0.15, 0.2) is 6.54 Å². The number of fused-ring (bicyclic) bond motifs is 2. The molecule has 0 spiro atoms. The van der Waals surface area contributed by atoms with E-state index in [-0.39, 0.29) is 122 Å². The molecule has 1 aromatic carbocycles. The summed E-state index contributed by atoms with van der Waals surface area (Å²) in [6.07, 6.45) is 9.48. The van der Waals surface area contributed by atoms with Crippen molar-refractivity contribution in [3.8, 4) is 11.3 Å². The summed E-state index contributed by atoms with van der Waals surface area (Å²) >= 11 is 0. The topological polar surface area (TPSA) is 294 Å². The number of ether oxygens (including phenoxy) is 4. The molecular weight excluding hydrogens is 1090 g/mol. The Bertz CT molecular complexity index is 2980. The van der Waals surface area contributed by atoms with Crippen LogP contribution in [-0.2, 0) is 74.5 Å². The Morgan fingerprint density at radius 3 is 2.00 bits per heavy atom. The molecular formula is C52H70N4Na2O17S3. The van der Waals surface area contributed by atoms with E-state index in [1.54, 1.807) is 32.3 Å². The molecule has 0 saturated carbocycles. The number of methoxy groups -OCH3 is 1. The number of imide groups is 1. The average Bonchev–Trinajstić information content (AvgIpc) is 3.80. The van der Waals surface area contributed by atoms with Crippen LogP contribution in [0.2, 0.25) is 0 Å². The number of hydrogen-bond donors (Lipinski definition) is 1. The second-order valence-electron chi connectivity index (χ2n) is 19.6. The van der Waals surface area contributed by atoms with Gasteiger partial charge in [-0.15, -0.1) is 0 Å². The fourth-order valence-electron chi connectivity index (χ4n) is 9.06. The van der Waals surface area contributed by atoms with Crippen molar-refractivity contribution >= 4 is 59.8 Å². The summed E-state index contributed by atoms with van der Waals surface area (Å²) in [4.78, 5) is 38.9. The summed E-state index contributed by atoms with van der Waals surface area (Å²) in [7, 11) is -12.4. The molecule has 78 heavy (non-hydrogen) atoms. The van der Waals surface area contributed by atoms with E-state index in [0.29, 0.717) is 106 Å². The van der Waals surface area contributed by atoms with Gasteiger partial charge in [-0.3, -0.25) is 19.3 Å². The van der Waals surface area contributed by atoms with Gasteiger partial charge in [-0.25, -0.2) is 29.8 Å². The second-order valence-corrected chi connectivity index (χ2v) is 24.1. The molecule has 0 aromatic heterocycles. The Morgan fingerprint density at radius 1 is 0.756 bits per heavy atom. The van der Waals surface area contributed by atoms with Crippen LogP contribution in [0.3, 0.4) is 0 Å². The first kappa shape index (κ1) is 69.1. The van der Waals surface area contributed by atoms with Gasteiger partial charge in [0.2, 0.25) is 11.3 Å². The summed E-state index contributed by atoms with van der Waals surface area (Å²) in [5.74, 6) is -1.42. The van der Waals surface area contributed by atoms with Crippen molar-refractivity contribution in [2.45, 2.75) is 88.4 Å². The average molecular weight is 1170 g/mol. The van der Waals surface area contributed by atoms with Gasteiger partial charge in [0.25, 0.3) is 11.8 Å². The molecule has 1 atom stereocenters. The van der Waals surface area contributed by atoms with Crippen LogP contribution in [-0.4, -0.2) is 159 Å². The molecule has 0 saturated heterocycles. The standard InChI is InChI=1S/C52H72N4O17S3.2Na/c1-51(2,3)43-37-40(73-46-36-39(15-17-42(43)46)54(23-11-35-75(63,64)65)26-27-70-30-31-72-33-32-71-29-28-69-5)12-9-13-47-52(4,21-10-34-74(60,61)62)44-38-41(76(66,67)68)16-18-45(44)55(47)24-8-6-7-14-48(57)53-22-25-56-49(58)19-20-50(56)59;;/h9,12-13,15-20,36-38H,6-8,10-11,14,21-35H2,1-5H3,(H3-,53,57,60,61,62,63,64,65,66,67,68);;/q;2*+1/p-2. The Balaban J connectivity index is 0.00000800. The van der Waals surface area contributed by atoms with Crippen molar-refractivity contribution in [2.24, 2.45) is 0 Å². The first-order chi connectivity index (χ1) is 35.8. The van der Waals surface area contributed by atoms with Crippen LogP contribution in [0.5, 0.6) is 0 Å². The number of unbranched alkanes of at least 4 members (excludes halogenated alkanes) is 2. The maximum Gasteiger partial charge on any atom is 1.00 e. The predicted molar refractivity (Wildman–Crippen MR) is 280 cm³/mol. The number of anilines is 1. The molecule has 3 amide bonds. The van der Waals surface area contributed by atoms with E-state index in [1.807, 2.05) is 33.7 Å². The Hall–Kier alpha value is -3.15. The zero-order valence-corrected chi connectivity index (χ0v) is 52.2. The van der Waals surface area contributed by atoms with Crippen molar-refractivity contribution in [1.82, 2.24) is 14.8 Å². The van der Waals surface area contributed by atoms with Gasteiger partial charge in [-0.1, -0.05) is 33.3 Å². The molecule has 0 bridgehead atoms. The number of nitrogens with one attached hydrogen (secondary N) is 1. The number of carbonyl (C=O) groups excluding carboxylic acids is 3. The number of allylic oxidation sites excluding steroid dienone is 3. The summed E-state index contributed by atoms with van der Waals surface area (Å²) in [5, 5.41) is 3.42. The van der Waals surface area contributed by atoms with Crippen molar-refractivity contribution in [2.75, 3.05) is 102 Å². The normalized spacial score (nSPS) is 16.8. The van der Waals surface area contributed by atoms with Crippen molar-refractivity contribution in [3.63, 3.8) is 0 Å². The smallest absolute Gasteiger partial charge is 0.748 e. The van der Waals surface area contributed by atoms with Crippen LogP contribution < -0.4 is 79.3 Å². The molecule has 1 aliphatic carbocycles. The first-order valence-electron chi connectivity index (χ1n) is 25.1. The quantitative estimate of drug-likeness (QED) is 0.0224. The molecule has 3 heterocycles. The molecule has 26 heteroatoms.